The van der Waals surface area contributed by atoms with Crippen molar-refractivity contribution in [1.29, 1.82) is 0 Å². The Hall–Kier alpha value is -4.54. The van der Waals surface area contributed by atoms with E-state index >= 15 is 0 Å². The van der Waals surface area contributed by atoms with Crippen LogP contribution in [0.4, 0.5) is 5.69 Å². The average molecular weight is 692 g/mol. The molecule has 0 saturated carbocycles. The standard InChI is InChI=1S/C37H42ClN3O6S/c1-5-27(3)39-37(43)35(24-28-11-8-7-9-12-28)40(25-29-13-10-14-33(23-29)46-4)36(42)26-41(31-17-19-32(20-18-31)47-6-2)48(44,45)34-21-15-30(38)16-22-34/h7-23,27,35H,5-6,24-26H2,1-4H3,(H,39,43). The van der Waals surface area contributed by atoms with E-state index in [1.54, 1.807) is 49.6 Å². The topological polar surface area (TPSA) is 105 Å². The number of hydrogen-bond donors (Lipinski definition) is 1. The van der Waals surface area contributed by atoms with E-state index in [0.717, 1.165) is 9.87 Å². The summed E-state index contributed by atoms with van der Waals surface area (Å²) < 4.78 is 40.5. The van der Waals surface area contributed by atoms with Crippen LogP contribution in [0.3, 0.4) is 0 Å². The highest BCUT2D eigenvalue weighted by atomic mass is 35.5. The lowest BCUT2D eigenvalue weighted by molar-refractivity contribution is -0.140. The fraction of sp³-hybridized carbons (Fsp3) is 0.297. The number of hydrogen-bond acceptors (Lipinski definition) is 6. The van der Waals surface area contributed by atoms with Gasteiger partial charge in [-0.2, -0.15) is 0 Å². The van der Waals surface area contributed by atoms with Crippen molar-refractivity contribution in [3.63, 3.8) is 0 Å². The van der Waals surface area contributed by atoms with Crippen molar-refractivity contribution in [2.75, 3.05) is 24.6 Å². The van der Waals surface area contributed by atoms with E-state index in [1.807, 2.05) is 57.2 Å². The molecule has 4 aromatic rings. The normalized spacial score (nSPS) is 12.4. The smallest absolute Gasteiger partial charge is 0.264 e. The molecule has 254 valence electrons. The SMILES string of the molecule is CCOc1ccc(N(CC(=O)N(Cc2cccc(OC)c2)C(Cc2ccccc2)C(=O)NC(C)CC)S(=O)(=O)c2ccc(Cl)cc2)cc1. The Kier molecular flexibility index (Phi) is 12.9. The van der Waals surface area contributed by atoms with Crippen molar-refractivity contribution in [3.05, 3.63) is 119 Å². The molecule has 0 aliphatic carbocycles. The van der Waals surface area contributed by atoms with E-state index in [2.05, 4.69) is 5.32 Å². The van der Waals surface area contributed by atoms with Gasteiger partial charge in [-0.1, -0.05) is 61.0 Å². The molecule has 0 bridgehead atoms. The summed E-state index contributed by atoms with van der Waals surface area (Å²) in [4.78, 5) is 30.1. The number of carbonyl (C=O) groups excluding carboxylic acids is 2. The van der Waals surface area contributed by atoms with Gasteiger partial charge < -0.3 is 19.7 Å². The predicted molar refractivity (Wildman–Crippen MR) is 189 cm³/mol. The molecular weight excluding hydrogens is 650 g/mol. The molecule has 0 aromatic heterocycles. The number of nitrogens with zero attached hydrogens (tertiary/aromatic N) is 2. The van der Waals surface area contributed by atoms with E-state index in [0.29, 0.717) is 35.1 Å². The number of rotatable bonds is 16. The first-order valence-corrected chi connectivity index (χ1v) is 17.6. The third-order valence-electron chi connectivity index (χ3n) is 7.88. The lowest BCUT2D eigenvalue weighted by Gasteiger charge is -2.34. The van der Waals surface area contributed by atoms with E-state index in [1.165, 1.54) is 29.2 Å². The minimum absolute atomic E-state index is 0.0274. The minimum atomic E-state index is -4.27. The summed E-state index contributed by atoms with van der Waals surface area (Å²) in [5, 5.41) is 3.42. The molecule has 11 heteroatoms. The second kappa shape index (κ2) is 17.0. The molecule has 2 unspecified atom stereocenters. The van der Waals surface area contributed by atoms with Crippen LogP contribution in [0.1, 0.15) is 38.3 Å². The van der Waals surface area contributed by atoms with E-state index in [9.17, 15) is 18.0 Å². The number of benzene rings is 4. The molecule has 0 heterocycles. The molecule has 0 aliphatic rings. The maximum absolute atomic E-state index is 14.6. The van der Waals surface area contributed by atoms with Crippen molar-refractivity contribution in [2.45, 2.75) is 57.1 Å². The molecule has 0 saturated heterocycles. The van der Waals surface area contributed by atoms with Crippen LogP contribution in [0.15, 0.2) is 108 Å². The van der Waals surface area contributed by atoms with Gasteiger partial charge >= 0.3 is 0 Å². The van der Waals surface area contributed by atoms with Crippen molar-refractivity contribution in [3.8, 4) is 11.5 Å². The van der Waals surface area contributed by atoms with E-state index in [4.69, 9.17) is 21.1 Å². The Balaban J connectivity index is 1.82. The quantitative estimate of drug-likeness (QED) is 0.144. The minimum Gasteiger partial charge on any atom is -0.497 e. The van der Waals surface area contributed by atoms with Crippen LogP contribution >= 0.6 is 11.6 Å². The monoisotopic (exact) mass is 691 g/mol. The zero-order valence-corrected chi connectivity index (χ0v) is 29.2. The van der Waals surface area contributed by atoms with Gasteiger partial charge in [0.1, 0.15) is 24.1 Å². The Morgan fingerprint density at radius 3 is 2.15 bits per heavy atom. The Morgan fingerprint density at radius 1 is 0.854 bits per heavy atom. The average Bonchev–Trinajstić information content (AvgIpc) is 3.09. The highest BCUT2D eigenvalue weighted by Crippen LogP contribution is 2.28. The van der Waals surface area contributed by atoms with Gasteiger partial charge in [0.05, 0.1) is 24.3 Å². The number of nitrogens with one attached hydrogen (secondary N) is 1. The third kappa shape index (κ3) is 9.51. The Bertz CT molecular complexity index is 1750. The summed E-state index contributed by atoms with van der Waals surface area (Å²) in [5.41, 5.74) is 1.82. The summed E-state index contributed by atoms with van der Waals surface area (Å²) in [6.45, 7) is 5.60. The van der Waals surface area contributed by atoms with E-state index < -0.39 is 28.5 Å². The lowest BCUT2D eigenvalue weighted by Crippen LogP contribution is -2.54. The summed E-state index contributed by atoms with van der Waals surface area (Å²) in [5.74, 6) is 0.243. The highest BCUT2D eigenvalue weighted by Gasteiger charge is 2.35. The van der Waals surface area contributed by atoms with Crippen LogP contribution < -0.4 is 19.1 Å². The maximum atomic E-state index is 14.6. The third-order valence-corrected chi connectivity index (χ3v) is 9.92. The summed E-state index contributed by atoms with van der Waals surface area (Å²) >= 11 is 6.08. The molecule has 48 heavy (non-hydrogen) atoms. The van der Waals surface area contributed by atoms with E-state index in [-0.39, 0.29) is 35.5 Å². The van der Waals surface area contributed by atoms with Crippen LogP contribution in [-0.2, 0) is 32.6 Å². The number of anilines is 1. The second-order valence-corrected chi connectivity index (χ2v) is 13.6. The molecule has 0 aliphatic heterocycles. The Labute approximate surface area is 288 Å². The molecule has 0 spiro atoms. The van der Waals surface area contributed by atoms with Gasteiger partial charge in [0.25, 0.3) is 10.0 Å². The molecular formula is C37H42ClN3O6S. The first-order valence-electron chi connectivity index (χ1n) is 15.8. The number of sulfonamides is 1. The zero-order valence-electron chi connectivity index (χ0n) is 27.6. The van der Waals surface area contributed by atoms with Crippen LogP contribution in [0, 0.1) is 0 Å². The van der Waals surface area contributed by atoms with Crippen LogP contribution in [0.5, 0.6) is 11.5 Å². The summed E-state index contributed by atoms with van der Waals surface area (Å²) in [7, 11) is -2.72. The van der Waals surface area contributed by atoms with Crippen molar-refractivity contribution >= 4 is 39.1 Å². The van der Waals surface area contributed by atoms with Gasteiger partial charge in [-0.3, -0.25) is 13.9 Å². The summed E-state index contributed by atoms with van der Waals surface area (Å²) in [6.07, 6.45) is 0.907. The van der Waals surface area contributed by atoms with Crippen molar-refractivity contribution in [2.24, 2.45) is 0 Å². The molecule has 2 atom stereocenters. The zero-order chi connectivity index (χ0) is 34.7. The molecule has 2 amide bonds. The van der Waals surface area contributed by atoms with Gasteiger partial charge in [-0.25, -0.2) is 8.42 Å². The molecule has 0 fully saturated rings. The first-order chi connectivity index (χ1) is 23.0. The lowest BCUT2D eigenvalue weighted by atomic mass is 10.0. The molecule has 4 rings (SSSR count). The second-order valence-electron chi connectivity index (χ2n) is 11.3. The fourth-order valence-electron chi connectivity index (χ4n) is 5.10. The van der Waals surface area contributed by atoms with Gasteiger partial charge in [-0.05, 0) is 92.1 Å². The molecule has 9 nitrogen and oxygen atoms in total. The maximum Gasteiger partial charge on any atom is 0.264 e. The number of methoxy groups -OCH3 is 1. The van der Waals surface area contributed by atoms with Gasteiger partial charge in [-0.15, -0.1) is 0 Å². The van der Waals surface area contributed by atoms with Gasteiger partial charge in [0, 0.05) is 24.0 Å². The van der Waals surface area contributed by atoms with Crippen molar-refractivity contribution in [1.82, 2.24) is 10.2 Å². The summed E-state index contributed by atoms with van der Waals surface area (Å²) in [6, 6.07) is 27.8. The van der Waals surface area contributed by atoms with Crippen molar-refractivity contribution < 1.29 is 27.5 Å². The van der Waals surface area contributed by atoms with Gasteiger partial charge in [0.2, 0.25) is 11.8 Å². The molecule has 1 N–H and O–H groups in total. The Morgan fingerprint density at radius 2 is 1.52 bits per heavy atom. The molecule has 4 aromatic carbocycles. The van der Waals surface area contributed by atoms with Crippen LogP contribution in [0.2, 0.25) is 5.02 Å². The van der Waals surface area contributed by atoms with Crippen LogP contribution in [0.25, 0.3) is 0 Å². The van der Waals surface area contributed by atoms with Gasteiger partial charge in [0.15, 0.2) is 0 Å². The largest absolute Gasteiger partial charge is 0.497 e. The first kappa shape index (κ1) is 36.3. The predicted octanol–water partition coefficient (Wildman–Crippen LogP) is 6.50. The number of amides is 2. The highest BCUT2D eigenvalue weighted by molar-refractivity contribution is 7.92. The van der Waals surface area contributed by atoms with Crippen LogP contribution in [-0.4, -0.2) is 57.5 Å². The number of ether oxygens (including phenoxy) is 2. The fourth-order valence-corrected chi connectivity index (χ4v) is 6.64. The molecule has 0 radical (unpaired) electrons. The number of carbonyl (C=O) groups is 2. The number of halogens is 1.